The van der Waals surface area contributed by atoms with Crippen molar-refractivity contribution < 1.29 is 9.13 Å². The molecule has 0 spiro atoms. The molecule has 0 atom stereocenters. The van der Waals surface area contributed by atoms with Gasteiger partial charge in [-0.3, -0.25) is 0 Å². The lowest BCUT2D eigenvalue weighted by Crippen LogP contribution is -2.01. The number of para-hydroxylation sites is 1. The summed E-state index contributed by atoms with van der Waals surface area (Å²) in [4.78, 5) is 0. The van der Waals surface area contributed by atoms with Crippen molar-refractivity contribution in [3.05, 3.63) is 46.7 Å². The minimum Gasteiger partial charge on any atom is -0.492 e. The van der Waals surface area contributed by atoms with Crippen LogP contribution in [0.4, 0.5) is 21.5 Å². The Morgan fingerprint density at radius 1 is 1.26 bits per heavy atom. The topological polar surface area (TPSA) is 47.3 Å². The molecule has 0 aliphatic rings. The first-order valence-corrected chi connectivity index (χ1v) is 6.64. The predicted molar refractivity (Wildman–Crippen MR) is 79.4 cm³/mol. The van der Waals surface area contributed by atoms with Crippen LogP contribution in [-0.2, 0) is 0 Å². The van der Waals surface area contributed by atoms with Crippen molar-refractivity contribution in [1.82, 2.24) is 0 Å². The van der Waals surface area contributed by atoms with E-state index in [9.17, 15) is 4.39 Å². The quantitative estimate of drug-likeness (QED) is 0.824. The van der Waals surface area contributed by atoms with Crippen molar-refractivity contribution in [2.45, 2.75) is 6.92 Å². The number of ether oxygens (including phenoxy) is 1. The molecule has 100 valence electrons. The van der Waals surface area contributed by atoms with Gasteiger partial charge in [0.15, 0.2) is 0 Å². The molecule has 0 amide bonds. The molecule has 0 radical (unpaired) electrons. The summed E-state index contributed by atoms with van der Waals surface area (Å²) in [7, 11) is 0. The van der Waals surface area contributed by atoms with E-state index >= 15 is 0 Å². The number of nitrogen functional groups attached to an aromatic ring is 1. The van der Waals surface area contributed by atoms with Crippen LogP contribution in [0.3, 0.4) is 0 Å². The first-order chi connectivity index (χ1) is 9.11. The molecule has 0 saturated heterocycles. The Balaban J connectivity index is 2.33. The fourth-order valence-electron chi connectivity index (χ4n) is 1.67. The molecule has 0 heterocycles. The SMILES string of the molecule is CCOc1cccc(Nc2cc(F)ccc2Br)c1N. The summed E-state index contributed by atoms with van der Waals surface area (Å²) >= 11 is 3.36. The Labute approximate surface area is 119 Å². The summed E-state index contributed by atoms with van der Waals surface area (Å²) in [5.74, 6) is 0.297. The monoisotopic (exact) mass is 324 g/mol. The molecule has 0 unspecified atom stereocenters. The fourth-order valence-corrected chi connectivity index (χ4v) is 2.02. The van der Waals surface area contributed by atoms with E-state index in [0.717, 1.165) is 4.47 Å². The molecule has 2 rings (SSSR count). The number of anilines is 3. The van der Waals surface area contributed by atoms with Crippen LogP contribution in [0.25, 0.3) is 0 Å². The van der Waals surface area contributed by atoms with E-state index in [1.807, 2.05) is 19.1 Å². The molecule has 19 heavy (non-hydrogen) atoms. The van der Waals surface area contributed by atoms with E-state index in [-0.39, 0.29) is 5.82 Å². The van der Waals surface area contributed by atoms with Crippen LogP contribution in [0.1, 0.15) is 6.92 Å². The maximum absolute atomic E-state index is 13.2. The summed E-state index contributed by atoms with van der Waals surface area (Å²) in [6, 6.07) is 9.86. The number of hydrogen-bond donors (Lipinski definition) is 2. The molecule has 0 bridgehead atoms. The van der Waals surface area contributed by atoms with Crippen LogP contribution in [0.15, 0.2) is 40.9 Å². The van der Waals surface area contributed by atoms with Gasteiger partial charge < -0.3 is 15.8 Å². The molecule has 3 N–H and O–H groups in total. The number of hydrogen-bond acceptors (Lipinski definition) is 3. The number of halogens is 2. The highest BCUT2D eigenvalue weighted by Gasteiger charge is 2.08. The molecular weight excluding hydrogens is 311 g/mol. The summed E-state index contributed by atoms with van der Waals surface area (Å²) < 4.78 is 19.4. The van der Waals surface area contributed by atoms with Crippen LogP contribution < -0.4 is 15.8 Å². The second kappa shape index (κ2) is 5.93. The van der Waals surface area contributed by atoms with Gasteiger partial charge in [-0.1, -0.05) is 6.07 Å². The smallest absolute Gasteiger partial charge is 0.144 e. The minimum atomic E-state index is -0.315. The third-order valence-corrected chi connectivity index (χ3v) is 3.26. The Morgan fingerprint density at radius 3 is 2.79 bits per heavy atom. The molecule has 3 nitrogen and oxygen atoms in total. The number of benzene rings is 2. The van der Waals surface area contributed by atoms with E-state index in [0.29, 0.717) is 29.4 Å². The number of rotatable bonds is 4. The molecule has 2 aromatic carbocycles. The highest BCUT2D eigenvalue weighted by molar-refractivity contribution is 9.10. The van der Waals surface area contributed by atoms with Gasteiger partial charge in [0.2, 0.25) is 0 Å². The van der Waals surface area contributed by atoms with Gasteiger partial charge in [-0.25, -0.2) is 4.39 Å². The van der Waals surface area contributed by atoms with Crippen LogP contribution in [-0.4, -0.2) is 6.61 Å². The van der Waals surface area contributed by atoms with E-state index in [4.69, 9.17) is 10.5 Å². The van der Waals surface area contributed by atoms with Crippen LogP contribution in [0.5, 0.6) is 5.75 Å². The van der Waals surface area contributed by atoms with E-state index in [1.165, 1.54) is 12.1 Å². The van der Waals surface area contributed by atoms with Crippen LogP contribution in [0, 0.1) is 5.82 Å². The van der Waals surface area contributed by atoms with Gasteiger partial charge in [0.1, 0.15) is 11.6 Å². The largest absolute Gasteiger partial charge is 0.492 e. The Kier molecular flexibility index (Phi) is 4.27. The average Bonchev–Trinajstić information content (AvgIpc) is 2.39. The van der Waals surface area contributed by atoms with Crippen LogP contribution >= 0.6 is 15.9 Å². The average molecular weight is 325 g/mol. The zero-order valence-electron chi connectivity index (χ0n) is 10.4. The summed E-state index contributed by atoms with van der Waals surface area (Å²) in [5.41, 5.74) is 7.80. The van der Waals surface area contributed by atoms with Gasteiger partial charge in [-0.2, -0.15) is 0 Å². The summed E-state index contributed by atoms with van der Waals surface area (Å²) in [6.45, 7) is 2.43. The van der Waals surface area contributed by atoms with E-state index in [2.05, 4.69) is 21.2 Å². The third kappa shape index (κ3) is 3.17. The Bertz CT molecular complexity index is 590. The van der Waals surface area contributed by atoms with E-state index in [1.54, 1.807) is 12.1 Å². The molecule has 0 saturated carbocycles. The van der Waals surface area contributed by atoms with Crippen molar-refractivity contribution >= 4 is 33.0 Å². The van der Waals surface area contributed by atoms with Gasteiger partial charge in [-0.05, 0) is 53.2 Å². The molecule has 0 aromatic heterocycles. The molecule has 5 heteroatoms. The maximum Gasteiger partial charge on any atom is 0.144 e. The fraction of sp³-hybridized carbons (Fsp3) is 0.143. The number of nitrogens with two attached hydrogens (primary N) is 1. The zero-order valence-corrected chi connectivity index (χ0v) is 12.0. The highest BCUT2D eigenvalue weighted by atomic mass is 79.9. The van der Waals surface area contributed by atoms with Crippen molar-refractivity contribution in [2.75, 3.05) is 17.7 Å². The normalized spacial score (nSPS) is 10.3. The third-order valence-electron chi connectivity index (χ3n) is 2.56. The standard InChI is InChI=1S/C14H14BrFN2O/c1-2-19-13-5-3-4-11(14(13)17)18-12-8-9(16)6-7-10(12)15/h3-8,18H,2,17H2,1H3. The van der Waals surface area contributed by atoms with Crippen molar-refractivity contribution in [3.63, 3.8) is 0 Å². The molecule has 0 fully saturated rings. The van der Waals surface area contributed by atoms with Gasteiger partial charge in [0.05, 0.1) is 23.7 Å². The highest BCUT2D eigenvalue weighted by Crippen LogP contribution is 2.34. The van der Waals surface area contributed by atoms with Crippen molar-refractivity contribution in [3.8, 4) is 5.75 Å². The summed E-state index contributed by atoms with van der Waals surface area (Å²) in [5, 5.41) is 3.09. The predicted octanol–water partition coefficient (Wildman–Crippen LogP) is 4.31. The zero-order chi connectivity index (χ0) is 13.8. The molecule has 2 aromatic rings. The minimum absolute atomic E-state index is 0.315. The lowest BCUT2D eigenvalue weighted by molar-refractivity contribution is 0.342. The van der Waals surface area contributed by atoms with Crippen molar-refractivity contribution in [1.29, 1.82) is 0 Å². The second-order valence-corrected chi connectivity index (χ2v) is 4.75. The van der Waals surface area contributed by atoms with E-state index < -0.39 is 0 Å². The first-order valence-electron chi connectivity index (χ1n) is 5.85. The molecule has 0 aliphatic carbocycles. The van der Waals surface area contributed by atoms with Gasteiger partial charge in [0.25, 0.3) is 0 Å². The van der Waals surface area contributed by atoms with Crippen molar-refractivity contribution in [2.24, 2.45) is 0 Å². The molecular formula is C14H14BrFN2O. The number of nitrogens with one attached hydrogen (secondary N) is 1. The Morgan fingerprint density at radius 2 is 2.05 bits per heavy atom. The summed E-state index contributed by atoms with van der Waals surface area (Å²) in [6.07, 6.45) is 0. The Hall–Kier alpha value is -1.75. The van der Waals surface area contributed by atoms with Gasteiger partial charge >= 0.3 is 0 Å². The first kappa shape index (κ1) is 13.7. The lowest BCUT2D eigenvalue weighted by Gasteiger charge is -2.14. The molecule has 0 aliphatic heterocycles. The second-order valence-electron chi connectivity index (χ2n) is 3.90. The van der Waals surface area contributed by atoms with Gasteiger partial charge in [0, 0.05) is 4.47 Å². The maximum atomic E-state index is 13.2. The van der Waals surface area contributed by atoms with Gasteiger partial charge in [-0.15, -0.1) is 0 Å². The van der Waals surface area contributed by atoms with Crippen LogP contribution in [0.2, 0.25) is 0 Å². The lowest BCUT2D eigenvalue weighted by atomic mass is 10.2.